The highest BCUT2D eigenvalue weighted by molar-refractivity contribution is 6.42. The number of benzene rings is 1. The van der Waals surface area contributed by atoms with Crippen molar-refractivity contribution in [3.05, 3.63) is 40.0 Å². The Morgan fingerprint density at radius 3 is 2.71 bits per heavy atom. The van der Waals surface area contributed by atoms with Crippen molar-refractivity contribution in [1.82, 2.24) is 9.78 Å². The molecule has 0 amide bonds. The number of aromatic nitrogens is 2. The number of isocyanates is 1. The van der Waals surface area contributed by atoms with E-state index in [2.05, 4.69) is 10.1 Å². The van der Waals surface area contributed by atoms with Gasteiger partial charge in [0.2, 0.25) is 6.08 Å². The molecule has 0 aliphatic rings. The van der Waals surface area contributed by atoms with E-state index in [1.54, 1.807) is 31.2 Å². The Morgan fingerprint density at radius 1 is 1.29 bits per heavy atom. The molecule has 0 radical (unpaired) electrons. The van der Waals surface area contributed by atoms with Crippen LogP contribution in [0.2, 0.25) is 10.0 Å². The molecule has 1 aromatic heterocycles. The number of halogens is 2. The molecule has 0 saturated heterocycles. The lowest BCUT2D eigenvalue weighted by Gasteiger charge is -2.04. The van der Waals surface area contributed by atoms with Gasteiger partial charge in [-0.05, 0) is 25.1 Å². The summed E-state index contributed by atoms with van der Waals surface area (Å²) < 4.78 is 1.50. The maximum Gasteiger partial charge on any atom is 0.242 e. The molecule has 0 bridgehead atoms. The number of hydrogen-bond donors (Lipinski definition) is 0. The second-order valence-corrected chi connectivity index (χ2v) is 4.17. The highest BCUT2D eigenvalue weighted by Gasteiger charge is 2.08. The zero-order valence-corrected chi connectivity index (χ0v) is 10.3. The predicted octanol–water partition coefficient (Wildman–Crippen LogP) is 3.45. The molecule has 2 aromatic rings. The Balaban J connectivity index is 2.59. The van der Waals surface area contributed by atoms with Crippen molar-refractivity contribution < 1.29 is 4.79 Å². The molecule has 0 saturated carbocycles. The van der Waals surface area contributed by atoms with E-state index in [0.29, 0.717) is 21.6 Å². The molecule has 2 rings (SSSR count). The number of rotatable bonds is 2. The van der Waals surface area contributed by atoms with E-state index in [0.717, 1.165) is 5.69 Å². The normalized spacial score (nSPS) is 10.1. The molecular formula is C11H7Cl2N3O. The minimum atomic E-state index is 0.399. The lowest BCUT2D eigenvalue weighted by molar-refractivity contribution is 0.565. The number of nitrogens with zero attached hydrogens (tertiary/aromatic N) is 3. The van der Waals surface area contributed by atoms with Crippen LogP contribution in [0.3, 0.4) is 0 Å². The van der Waals surface area contributed by atoms with Crippen molar-refractivity contribution in [3.8, 4) is 5.69 Å². The van der Waals surface area contributed by atoms with Crippen LogP contribution in [0, 0.1) is 6.92 Å². The number of aryl methyl sites for hydroxylation is 1. The summed E-state index contributed by atoms with van der Waals surface area (Å²) in [6.45, 7) is 1.80. The Bertz CT molecular complexity index is 615. The smallest absolute Gasteiger partial charge is 0.214 e. The van der Waals surface area contributed by atoms with Gasteiger partial charge in [0, 0.05) is 6.07 Å². The second-order valence-electron chi connectivity index (χ2n) is 3.36. The lowest BCUT2D eigenvalue weighted by atomic mass is 10.3. The van der Waals surface area contributed by atoms with Crippen molar-refractivity contribution in [3.63, 3.8) is 0 Å². The molecule has 0 fully saturated rings. The van der Waals surface area contributed by atoms with E-state index in [9.17, 15) is 4.79 Å². The van der Waals surface area contributed by atoms with E-state index in [1.165, 1.54) is 10.8 Å². The summed E-state index contributed by atoms with van der Waals surface area (Å²) in [6, 6.07) is 6.72. The van der Waals surface area contributed by atoms with Gasteiger partial charge in [0.05, 0.1) is 21.4 Å². The predicted molar refractivity (Wildman–Crippen MR) is 66.1 cm³/mol. The Kier molecular flexibility index (Phi) is 3.29. The van der Waals surface area contributed by atoms with E-state index in [1.807, 2.05) is 0 Å². The lowest BCUT2D eigenvalue weighted by Crippen LogP contribution is -1.96. The molecule has 6 heteroatoms. The molecule has 0 aliphatic heterocycles. The van der Waals surface area contributed by atoms with Crippen LogP contribution in [0.25, 0.3) is 5.69 Å². The van der Waals surface area contributed by atoms with Crippen molar-refractivity contribution >= 4 is 35.1 Å². The summed E-state index contributed by atoms with van der Waals surface area (Å²) in [5.74, 6) is 0.399. The van der Waals surface area contributed by atoms with E-state index in [-0.39, 0.29) is 0 Å². The highest BCUT2D eigenvalue weighted by atomic mass is 35.5. The summed E-state index contributed by atoms with van der Waals surface area (Å²) in [5, 5.41) is 5.09. The Labute approximate surface area is 107 Å². The molecule has 1 heterocycles. The SMILES string of the molecule is Cc1cc(N=C=O)n(-c2ccc(Cl)c(Cl)c2)n1. The van der Waals surface area contributed by atoms with Crippen LogP contribution in [0.4, 0.5) is 5.82 Å². The molecule has 0 spiro atoms. The van der Waals surface area contributed by atoms with Crippen LogP contribution >= 0.6 is 23.2 Å². The summed E-state index contributed by atoms with van der Waals surface area (Å²) in [4.78, 5) is 13.9. The van der Waals surface area contributed by atoms with E-state index in [4.69, 9.17) is 23.2 Å². The molecule has 4 nitrogen and oxygen atoms in total. The molecule has 0 aliphatic carbocycles. The third-order valence-electron chi connectivity index (χ3n) is 2.12. The maximum atomic E-state index is 10.3. The van der Waals surface area contributed by atoms with Crippen LogP contribution in [-0.4, -0.2) is 15.9 Å². The summed E-state index contributed by atoms with van der Waals surface area (Å²) in [5.41, 5.74) is 1.42. The van der Waals surface area contributed by atoms with Gasteiger partial charge in [0.25, 0.3) is 0 Å². The van der Waals surface area contributed by atoms with Gasteiger partial charge in [-0.25, -0.2) is 9.48 Å². The molecular weight excluding hydrogens is 261 g/mol. The third-order valence-corrected chi connectivity index (χ3v) is 2.86. The highest BCUT2D eigenvalue weighted by Crippen LogP contribution is 2.26. The van der Waals surface area contributed by atoms with Gasteiger partial charge < -0.3 is 0 Å². The monoisotopic (exact) mass is 267 g/mol. The van der Waals surface area contributed by atoms with Crippen molar-refractivity contribution in [1.29, 1.82) is 0 Å². The molecule has 0 atom stereocenters. The quantitative estimate of drug-likeness (QED) is 0.618. The Hall–Kier alpha value is -1.61. The zero-order chi connectivity index (χ0) is 12.4. The topological polar surface area (TPSA) is 47.2 Å². The third kappa shape index (κ3) is 2.39. The van der Waals surface area contributed by atoms with Gasteiger partial charge in [-0.15, -0.1) is 4.99 Å². The fraction of sp³-hybridized carbons (Fsp3) is 0.0909. The van der Waals surface area contributed by atoms with Crippen LogP contribution in [0.5, 0.6) is 0 Å². The fourth-order valence-corrected chi connectivity index (χ4v) is 1.71. The van der Waals surface area contributed by atoms with Crippen LogP contribution in [0.15, 0.2) is 29.3 Å². The summed E-state index contributed by atoms with van der Waals surface area (Å²) >= 11 is 11.7. The first-order valence-corrected chi connectivity index (χ1v) is 5.47. The van der Waals surface area contributed by atoms with Gasteiger partial charge in [0.1, 0.15) is 0 Å². The largest absolute Gasteiger partial charge is 0.242 e. The number of aliphatic imine (C=N–C) groups is 1. The second kappa shape index (κ2) is 4.72. The first kappa shape index (κ1) is 11.9. The van der Waals surface area contributed by atoms with Crippen molar-refractivity contribution in [2.24, 2.45) is 4.99 Å². The molecule has 0 N–H and O–H groups in total. The summed E-state index contributed by atoms with van der Waals surface area (Å²) in [7, 11) is 0. The minimum Gasteiger partial charge on any atom is -0.214 e. The van der Waals surface area contributed by atoms with Crippen LogP contribution in [-0.2, 0) is 4.79 Å². The average molecular weight is 268 g/mol. The molecule has 86 valence electrons. The zero-order valence-electron chi connectivity index (χ0n) is 8.82. The molecule has 17 heavy (non-hydrogen) atoms. The first-order chi connectivity index (χ1) is 8.11. The van der Waals surface area contributed by atoms with E-state index < -0.39 is 0 Å². The van der Waals surface area contributed by atoms with Gasteiger partial charge >= 0.3 is 0 Å². The standard InChI is InChI=1S/C11H7Cl2N3O/c1-7-4-11(14-6-17)16(15-7)8-2-3-9(12)10(13)5-8/h2-5H,1H3. The molecule has 0 unspecified atom stereocenters. The van der Waals surface area contributed by atoms with Crippen molar-refractivity contribution in [2.45, 2.75) is 6.92 Å². The Morgan fingerprint density at radius 2 is 2.06 bits per heavy atom. The van der Waals surface area contributed by atoms with Crippen molar-refractivity contribution in [2.75, 3.05) is 0 Å². The van der Waals surface area contributed by atoms with Crippen LogP contribution < -0.4 is 0 Å². The first-order valence-electron chi connectivity index (χ1n) is 4.72. The minimum absolute atomic E-state index is 0.399. The average Bonchev–Trinajstić information content (AvgIpc) is 2.64. The van der Waals surface area contributed by atoms with Gasteiger partial charge in [-0.2, -0.15) is 5.10 Å². The van der Waals surface area contributed by atoms with Gasteiger partial charge in [-0.3, -0.25) is 0 Å². The molecule has 1 aromatic carbocycles. The van der Waals surface area contributed by atoms with E-state index >= 15 is 0 Å². The summed E-state index contributed by atoms with van der Waals surface area (Å²) in [6.07, 6.45) is 1.49. The fourth-order valence-electron chi connectivity index (χ4n) is 1.42. The van der Waals surface area contributed by atoms with Crippen LogP contribution in [0.1, 0.15) is 5.69 Å². The number of hydrogen-bond acceptors (Lipinski definition) is 3. The maximum absolute atomic E-state index is 10.3. The number of carbonyl (C=O) groups excluding carboxylic acids is 1. The van der Waals surface area contributed by atoms with Gasteiger partial charge in [-0.1, -0.05) is 23.2 Å². The van der Waals surface area contributed by atoms with Gasteiger partial charge in [0.15, 0.2) is 5.82 Å².